The van der Waals surface area contributed by atoms with Gasteiger partial charge in [0.15, 0.2) is 39.0 Å². The molecule has 2 N–H and O–H groups in total. The molecule has 12 nitrogen and oxygen atoms in total. The summed E-state index contributed by atoms with van der Waals surface area (Å²) >= 11 is 0. The second-order valence-electron chi connectivity index (χ2n) is 7.86. The van der Waals surface area contributed by atoms with Gasteiger partial charge in [-0.2, -0.15) is 0 Å². The highest BCUT2D eigenvalue weighted by Crippen LogP contribution is 2.34. The number of hydrogen-bond donors (Lipinski definition) is 2. The van der Waals surface area contributed by atoms with Gasteiger partial charge in [0.1, 0.15) is 0 Å². The lowest BCUT2D eigenvalue weighted by atomic mass is 10.2. The molecule has 154 valence electrons. The Morgan fingerprint density at radius 2 is 1.07 bits per heavy atom. The average Bonchev–Trinajstić information content (AvgIpc) is 3.07. The van der Waals surface area contributed by atoms with Gasteiger partial charge in [-0.25, -0.2) is 9.59 Å². The normalized spacial score (nSPS) is 30.9. The summed E-state index contributed by atoms with van der Waals surface area (Å²) in [7, 11) is 0. The summed E-state index contributed by atoms with van der Waals surface area (Å²) in [6, 6.07) is -0.265. The first-order valence-electron chi connectivity index (χ1n) is 9.58. The van der Waals surface area contributed by atoms with Crippen molar-refractivity contribution in [1.82, 2.24) is 19.6 Å². The van der Waals surface area contributed by atoms with Gasteiger partial charge in [-0.3, -0.25) is 19.6 Å². The van der Waals surface area contributed by atoms with Crippen molar-refractivity contribution in [3.63, 3.8) is 0 Å². The molecule has 0 radical (unpaired) electrons. The third-order valence-electron chi connectivity index (χ3n) is 5.93. The number of hydrogen-bond acceptors (Lipinski definition) is 6. The van der Waals surface area contributed by atoms with Crippen molar-refractivity contribution in [3.8, 4) is 0 Å². The van der Waals surface area contributed by atoms with Gasteiger partial charge in [0, 0.05) is 24.8 Å². The minimum Gasteiger partial charge on any atom is -0.550 e. The van der Waals surface area contributed by atoms with E-state index in [-0.39, 0.29) is 37.2 Å². The van der Waals surface area contributed by atoms with Crippen LogP contribution in [-0.2, 0) is 9.59 Å². The van der Waals surface area contributed by atoms with Gasteiger partial charge in [0.05, 0.1) is 13.1 Å². The van der Waals surface area contributed by atoms with Crippen LogP contribution >= 0.6 is 0 Å². The molecule has 0 aliphatic carbocycles. The van der Waals surface area contributed by atoms with Crippen LogP contribution in [0, 0.1) is 0 Å². The van der Waals surface area contributed by atoms with Crippen LogP contribution in [-0.4, -0.2) is 95.7 Å². The van der Waals surface area contributed by atoms with Crippen LogP contribution < -0.4 is 20.0 Å². The van der Waals surface area contributed by atoms with E-state index in [9.17, 15) is 29.4 Å². The number of amides is 4. The van der Waals surface area contributed by atoms with E-state index in [1.165, 1.54) is 0 Å². The lowest BCUT2D eigenvalue weighted by Crippen LogP contribution is -3.18. The summed E-state index contributed by atoms with van der Waals surface area (Å²) in [6.45, 7) is 2.81. The lowest BCUT2D eigenvalue weighted by molar-refractivity contribution is -0.927. The Hall–Kier alpha value is -2.60. The molecule has 0 aromatic carbocycles. The Morgan fingerprint density at radius 1 is 0.750 bits per heavy atom. The molecule has 4 heterocycles. The zero-order valence-corrected chi connectivity index (χ0v) is 15.5. The van der Waals surface area contributed by atoms with Crippen LogP contribution in [0.2, 0.25) is 0 Å². The fourth-order valence-corrected chi connectivity index (χ4v) is 4.75. The van der Waals surface area contributed by atoms with Crippen molar-refractivity contribution in [2.75, 3.05) is 39.8 Å². The van der Waals surface area contributed by atoms with E-state index < -0.39 is 11.9 Å². The van der Waals surface area contributed by atoms with Crippen molar-refractivity contribution < 1.29 is 39.2 Å². The van der Waals surface area contributed by atoms with Crippen LogP contribution in [0.1, 0.15) is 25.7 Å². The molecule has 4 amide bonds. The maximum Gasteiger partial charge on any atom is 0.332 e. The monoisotopic (exact) mass is 396 g/mol. The molecule has 4 fully saturated rings. The molecule has 4 rings (SSSR count). The van der Waals surface area contributed by atoms with E-state index in [0.717, 1.165) is 9.80 Å². The number of quaternary nitrogens is 2. The third kappa shape index (κ3) is 3.11. The van der Waals surface area contributed by atoms with Gasteiger partial charge >= 0.3 is 12.1 Å². The van der Waals surface area contributed by atoms with E-state index in [1.807, 2.05) is 0 Å². The third-order valence-corrected chi connectivity index (χ3v) is 5.93. The van der Waals surface area contributed by atoms with Gasteiger partial charge in [-0.05, 0) is 12.8 Å². The molecule has 4 aliphatic rings. The van der Waals surface area contributed by atoms with Crippen molar-refractivity contribution >= 4 is 24.0 Å². The fraction of sp³-hybridized carbons (Fsp3) is 0.750. The number of carbonyl (C=O) groups excluding carboxylic acids is 4. The molecule has 4 aliphatic heterocycles. The molecule has 12 heteroatoms. The highest BCUT2D eigenvalue weighted by molar-refractivity contribution is 5.85. The molecule has 4 saturated heterocycles. The van der Waals surface area contributed by atoms with E-state index in [2.05, 4.69) is 0 Å². The minimum absolute atomic E-state index is 0.0418. The molecular formula is C16H24N6O6. The number of urea groups is 2. The zero-order valence-electron chi connectivity index (χ0n) is 15.5. The Morgan fingerprint density at radius 3 is 1.36 bits per heavy atom. The van der Waals surface area contributed by atoms with Crippen LogP contribution in [0.4, 0.5) is 9.59 Å². The number of nitrogens with one attached hydrogen (secondary N) is 2. The van der Waals surface area contributed by atoms with Gasteiger partial charge in [0.25, 0.3) is 0 Å². The molecular weight excluding hydrogens is 372 g/mol. The second-order valence-corrected chi connectivity index (χ2v) is 7.86. The summed E-state index contributed by atoms with van der Waals surface area (Å²) in [5, 5.41) is 21.3. The quantitative estimate of drug-likeness (QED) is 0.419. The zero-order chi connectivity index (χ0) is 20.0. The summed E-state index contributed by atoms with van der Waals surface area (Å²) in [5.41, 5.74) is 0. The summed E-state index contributed by atoms with van der Waals surface area (Å²) < 4.78 is 0. The van der Waals surface area contributed by atoms with Crippen molar-refractivity contribution in [3.05, 3.63) is 0 Å². The van der Waals surface area contributed by atoms with Gasteiger partial charge in [-0.1, -0.05) is 0 Å². The van der Waals surface area contributed by atoms with Gasteiger partial charge in [0.2, 0.25) is 0 Å². The number of carbonyl (C=O) groups is 4. The largest absolute Gasteiger partial charge is 0.550 e. The Labute approximate surface area is 161 Å². The predicted octanol–water partition coefficient (Wildman–Crippen LogP) is -6.20. The highest BCUT2D eigenvalue weighted by atomic mass is 16.4. The number of nitrogens with zero attached hydrogens (tertiary/aromatic N) is 4. The minimum atomic E-state index is -1.10. The molecule has 0 aromatic rings. The van der Waals surface area contributed by atoms with E-state index in [4.69, 9.17) is 0 Å². The molecule has 28 heavy (non-hydrogen) atoms. The first-order chi connectivity index (χ1) is 13.4. The van der Waals surface area contributed by atoms with E-state index >= 15 is 0 Å². The maximum atomic E-state index is 13.0. The van der Waals surface area contributed by atoms with Crippen molar-refractivity contribution in [2.45, 2.75) is 38.0 Å². The van der Waals surface area contributed by atoms with E-state index in [0.29, 0.717) is 52.6 Å². The van der Waals surface area contributed by atoms with E-state index in [1.54, 1.807) is 19.6 Å². The van der Waals surface area contributed by atoms with Crippen LogP contribution in [0.25, 0.3) is 0 Å². The number of carboxylic acid groups (broad SMARTS) is 2. The first kappa shape index (κ1) is 18.7. The molecule has 0 atom stereocenters. The number of rotatable bonds is 8. The molecule has 0 aromatic heterocycles. The van der Waals surface area contributed by atoms with Gasteiger partial charge in [-0.15, -0.1) is 0 Å². The Bertz CT molecular complexity index is 613. The van der Waals surface area contributed by atoms with Gasteiger partial charge < -0.3 is 29.6 Å². The molecule has 0 saturated carbocycles. The molecule has 0 unspecified atom stereocenters. The first-order valence-corrected chi connectivity index (χ1v) is 9.58. The predicted molar refractivity (Wildman–Crippen MR) is 85.3 cm³/mol. The fourth-order valence-electron chi connectivity index (χ4n) is 4.75. The Balaban J connectivity index is 1.45. The second kappa shape index (κ2) is 7.09. The van der Waals surface area contributed by atoms with Crippen LogP contribution in [0.15, 0.2) is 0 Å². The summed E-state index contributed by atoms with van der Waals surface area (Å²) in [6.07, 6.45) is 0.156. The highest BCUT2D eigenvalue weighted by Gasteiger charge is 2.65. The number of aliphatic carboxylic acids is 2. The average molecular weight is 396 g/mol. The van der Waals surface area contributed by atoms with Crippen LogP contribution in [0.3, 0.4) is 0 Å². The maximum absolute atomic E-state index is 13.0. The molecule has 0 spiro atoms. The molecule has 0 bridgehead atoms. The van der Waals surface area contributed by atoms with Crippen LogP contribution in [0.5, 0.6) is 0 Å². The standard InChI is InChI=1S/C16H24N6O6/c23-11(24)3-1-5-17-7-19-13-14-21(15(19)27)9-18(6-2-4-12(25)26)10-22(14)16(28)20(13)8-17/h13-14H,1-10H2,(H,23,24)(H,25,26). The smallest absolute Gasteiger partial charge is 0.332 e. The topological polar surface area (TPSA) is 136 Å². The SMILES string of the molecule is O=C([O-])CCC[NH+]1CN2C(=O)N3C[NH+](CCCC(=O)[O-])CN4C(=O)N(C1)C2C34. The van der Waals surface area contributed by atoms with Crippen molar-refractivity contribution in [1.29, 1.82) is 0 Å². The number of carboxylic acids is 2. The summed E-state index contributed by atoms with van der Waals surface area (Å²) in [4.78, 5) is 55.9. The summed E-state index contributed by atoms with van der Waals surface area (Å²) in [5.74, 6) is -2.20. The lowest BCUT2D eigenvalue weighted by Gasteiger charge is -2.39. The van der Waals surface area contributed by atoms with Crippen molar-refractivity contribution in [2.24, 2.45) is 0 Å². The Kier molecular flexibility index (Phi) is 4.75.